The lowest BCUT2D eigenvalue weighted by molar-refractivity contribution is 0.281. The van der Waals surface area contributed by atoms with Crippen LogP contribution in [0.2, 0.25) is 0 Å². The third-order valence-electron chi connectivity index (χ3n) is 2.90. The van der Waals surface area contributed by atoms with Crippen molar-refractivity contribution in [3.8, 4) is 11.5 Å². The fourth-order valence-corrected chi connectivity index (χ4v) is 1.81. The van der Waals surface area contributed by atoms with Gasteiger partial charge in [0.2, 0.25) is 0 Å². The van der Waals surface area contributed by atoms with E-state index in [1.807, 2.05) is 42.5 Å². The Morgan fingerprint density at radius 1 is 0.947 bits per heavy atom. The first-order valence-corrected chi connectivity index (χ1v) is 6.27. The highest BCUT2D eigenvalue weighted by atomic mass is 16.5. The summed E-state index contributed by atoms with van der Waals surface area (Å²) in [5.74, 6) is 1.69. The normalized spacial score (nSPS) is 10.2. The van der Waals surface area contributed by atoms with Crippen LogP contribution < -0.4 is 9.47 Å². The minimum absolute atomic E-state index is 0.0596. The van der Waals surface area contributed by atoms with Crippen LogP contribution in [0.3, 0.4) is 0 Å². The molecule has 100 valence electrons. The van der Waals surface area contributed by atoms with Gasteiger partial charge < -0.3 is 14.6 Å². The van der Waals surface area contributed by atoms with Crippen molar-refractivity contribution in [2.24, 2.45) is 0 Å². The molecule has 0 unspecified atom stereocenters. The van der Waals surface area contributed by atoms with E-state index < -0.39 is 0 Å². The molecule has 3 nitrogen and oxygen atoms in total. The van der Waals surface area contributed by atoms with Gasteiger partial charge in [-0.25, -0.2) is 0 Å². The van der Waals surface area contributed by atoms with Gasteiger partial charge in [0.25, 0.3) is 0 Å². The zero-order chi connectivity index (χ0) is 13.5. The summed E-state index contributed by atoms with van der Waals surface area (Å²) in [6, 6.07) is 15.4. The molecule has 2 aromatic rings. The van der Waals surface area contributed by atoms with E-state index in [0.717, 1.165) is 23.5 Å². The van der Waals surface area contributed by atoms with Crippen LogP contribution in [-0.4, -0.2) is 18.8 Å². The topological polar surface area (TPSA) is 38.7 Å². The number of aliphatic hydroxyl groups excluding tert-OH is 1. The van der Waals surface area contributed by atoms with Gasteiger partial charge in [-0.3, -0.25) is 0 Å². The van der Waals surface area contributed by atoms with E-state index in [2.05, 4.69) is 6.07 Å². The lowest BCUT2D eigenvalue weighted by Crippen LogP contribution is -2.01. The van der Waals surface area contributed by atoms with Crippen LogP contribution in [-0.2, 0) is 13.0 Å². The highest BCUT2D eigenvalue weighted by Gasteiger charge is 1.98. The molecule has 19 heavy (non-hydrogen) atoms. The largest absolute Gasteiger partial charge is 0.497 e. The maximum Gasteiger partial charge on any atom is 0.119 e. The quantitative estimate of drug-likeness (QED) is 0.866. The van der Waals surface area contributed by atoms with Crippen molar-refractivity contribution in [2.45, 2.75) is 13.0 Å². The molecule has 0 aromatic heterocycles. The minimum atomic E-state index is 0.0596. The Balaban J connectivity index is 1.85. The standard InChI is InChI=1S/C16H18O3/c1-18-16-4-2-3-13(11-16)9-10-19-15-7-5-14(12-17)6-8-15/h2-8,11,17H,9-10,12H2,1H3. The smallest absolute Gasteiger partial charge is 0.119 e. The van der Waals surface area contributed by atoms with Gasteiger partial charge >= 0.3 is 0 Å². The predicted octanol–water partition coefficient (Wildman–Crippen LogP) is 2.81. The first-order valence-electron chi connectivity index (χ1n) is 6.27. The van der Waals surface area contributed by atoms with Crippen molar-refractivity contribution in [2.75, 3.05) is 13.7 Å². The van der Waals surface area contributed by atoms with Gasteiger partial charge in [-0.15, -0.1) is 0 Å². The molecule has 0 spiro atoms. The molecule has 0 fully saturated rings. The molecule has 1 N–H and O–H groups in total. The molecule has 0 atom stereocenters. The van der Waals surface area contributed by atoms with Gasteiger partial charge in [0.1, 0.15) is 11.5 Å². The van der Waals surface area contributed by atoms with Crippen LogP contribution in [0.5, 0.6) is 11.5 Å². The Labute approximate surface area is 113 Å². The van der Waals surface area contributed by atoms with Crippen molar-refractivity contribution >= 4 is 0 Å². The summed E-state index contributed by atoms with van der Waals surface area (Å²) in [5, 5.41) is 8.95. The molecule has 3 heteroatoms. The molecule has 0 aliphatic rings. The Morgan fingerprint density at radius 2 is 1.74 bits per heavy atom. The molecule has 0 radical (unpaired) electrons. The van der Waals surface area contributed by atoms with Crippen LogP contribution >= 0.6 is 0 Å². The number of methoxy groups -OCH3 is 1. The number of benzene rings is 2. The van der Waals surface area contributed by atoms with Crippen LogP contribution in [0.15, 0.2) is 48.5 Å². The molecule has 0 saturated carbocycles. The molecule has 2 aromatic carbocycles. The Kier molecular flexibility index (Phi) is 4.81. The van der Waals surface area contributed by atoms with E-state index in [1.165, 1.54) is 5.56 Å². The highest BCUT2D eigenvalue weighted by molar-refractivity contribution is 5.29. The molecule has 0 bridgehead atoms. The lowest BCUT2D eigenvalue weighted by atomic mass is 10.1. The van der Waals surface area contributed by atoms with E-state index in [9.17, 15) is 0 Å². The summed E-state index contributed by atoms with van der Waals surface area (Å²) < 4.78 is 10.8. The van der Waals surface area contributed by atoms with Crippen LogP contribution in [0, 0.1) is 0 Å². The van der Waals surface area contributed by atoms with Crippen molar-refractivity contribution in [1.29, 1.82) is 0 Å². The van der Waals surface area contributed by atoms with Crippen LogP contribution in [0.4, 0.5) is 0 Å². The Bertz CT molecular complexity index is 506. The molecular weight excluding hydrogens is 240 g/mol. The van der Waals surface area contributed by atoms with Gasteiger partial charge in [0.05, 0.1) is 20.3 Å². The van der Waals surface area contributed by atoms with Crippen molar-refractivity contribution < 1.29 is 14.6 Å². The number of aliphatic hydroxyl groups is 1. The van der Waals surface area contributed by atoms with Crippen LogP contribution in [0.25, 0.3) is 0 Å². The van der Waals surface area contributed by atoms with E-state index in [-0.39, 0.29) is 6.61 Å². The molecule has 0 aliphatic carbocycles. The molecule has 2 rings (SSSR count). The third-order valence-corrected chi connectivity index (χ3v) is 2.90. The van der Waals surface area contributed by atoms with Gasteiger partial charge in [0.15, 0.2) is 0 Å². The number of ether oxygens (including phenoxy) is 2. The average Bonchev–Trinajstić information content (AvgIpc) is 2.48. The minimum Gasteiger partial charge on any atom is -0.497 e. The zero-order valence-corrected chi connectivity index (χ0v) is 11.0. The third kappa shape index (κ3) is 4.00. The Hall–Kier alpha value is -2.00. The van der Waals surface area contributed by atoms with E-state index >= 15 is 0 Å². The van der Waals surface area contributed by atoms with Gasteiger partial charge in [-0.1, -0.05) is 24.3 Å². The van der Waals surface area contributed by atoms with Crippen LogP contribution in [0.1, 0.15) is 11.1 Å². The first kappa shape index (κ1) is 13.4. The Morgan fingerprint density at radius 3 is 2.42 bits per heavy atom. The number of rotatable bonds is 6. The fraction of sp³-hybridized carbons (Fsp3) is 0.250. The molecule has 0 saturated heterocycles. The second-order valence-electron chi connectivity index (χ2n) is 4.25. The molecule has 0 amide bonds. The lowest BCUT2D eigenvalue weighted by Gasteiger charge is -2.07. The van der Waals surface area contributed by atoms with Crippen molar-refractivity contribution in [1.82, 2.24) is 0 Å². The SMILES string of the molecule is COc1cccc(CCOc2ccc(CO)cc2)c1. The summed E-state index contributed by atoms with van der Waals surface area (Å²) in [6.45, 7) is 0.676. The summed E-state index contributed by atoms with van der Waals surface area (Å²) in [6.07, 6.45) is 0.832. The maximum atomic E-state index is 8.95. The van der Waals surface area contributed by atoms with E-state index in [4.69, 9.17) is 14.6 Å². The van der Waals surface area contributed by atoms with Gasteiger partial charge in [-0.2, -0.15) is 0 Å². The second kappa shape index (κ2) is 6.81. The van der Waals surface area contributed by atoms with E-state index in [0.29, 0.717) is 6.61 Å². The molecule has 0 heterocycles. The summed E-state index contributed by atoms with van der Waals surface area (Å²) in [4.78, 5) is 0. The van der Waals surface area contributed by atoms with Crippen molar-refractivity contribution in [3.05, 3.63) is 59.7 Å². The zero-order valence-electron chi connectivity index (χ0n) is 11.0. The van der Waals surface area contributed by atoms with Crippen molar-refractivity contribution in [3.63, 3.8) is 0 Å². The summed E-state index contributed by atoms with van der Waals surface area (Å²) in [5.41, 5.74) is 2.08. The first-order chi connectivity index (χ1) is 9.31. The molecule has 0 aliphatic heterocycles. The monoisotopic (exact) mass is 258 g/mol. The summed E-state index contributed by atoms with van der Waals surface area (Å²) >= 11 is 0. The number of hydrogen-bond donors (Lipinski definition) is 1. The molecular formula is C16H18O3. The predicted molar refractivity (Wildman–Crippen MR) is 74.6 cm³/mol. The summed E-state index contributed by atoms with van der Waals surface area (Å²) in [7, 11) is 1.67. The maximum absolute atomic E-state index is 8.95. The average molecular weight is 258 g/mol. The second-order valence-corrected chi connectivity index (χ2v) is 4.25. The highest BCUT2D eigenvalue weighted by Crippen LogP contribution is 2.15. The number of hydrogen-bond acceptors (Lipinski definition) is 3. The van der Waals surface area contributed by atoms with E-state index in [1.54, 1.807) is 7.11 Å². The van der Waals surface area contributed by atoms with Gasteiger partial charge in [-0.05, 0) is 35.4 Å². The van der Waals surface area contributed by atoms with Gasteiger partial charge in [0, 0.05) is 6.42 Å². The fourth-order valence-electron chi connectivity index (χ4n) is 1.81.